The van der Waals surface area contributed by atoms with Gasteiger partial charge in [-0.3, -0.25) is 9.69 Å². The Morgan fingerprint density at radius 3 is 2.49 bits per heavy atom. The summed E-state index contributed by atoms with van der Waals surface area (Å²) in [7, 11) is 5.55. The summed E-state index contributed by atoms with van der Waals surface area (Å²) in [5, 5.41) is 30.0. The number of halogens is 3. The summed E-state index contributed by atoms with van der Waals surface area (Å²) >= 11 is 1.05. The van der Waals surface area contributed by atoms with Crippen LogP contribution in [0.25, 0.3) is 21.1 Å². The third-order valence-electron chi connectivity index (χ3n) is 9.66. The van der Waals surface area contributed by atoms with Crippen LogP contribution in [0, 0.1) is 18.3 Å². The molecule has 1 saturated heterocycles. The average Bonchev–Trinajstić information content (AvgIpc) is 3.67. The normalized spacial score (nSPS) is 14.7. The molecule has 0 spiro atoms. The first-order valence-electron chi connectivity index (χ1n) is 16.8. The van der Waals surface area contributed by atoms with Crippen LogP contribution in [0.4, 0.5) is 24.7 Å². The van der Waals surface area contributed by atoms with Gasteiger partial charge in [-0.05, 0) is 72.3 Å². The highest BCUT2D eigenvalue weighted by Crippen LogP contribution is 2.34. The van der Waals surface area contributed by atoms with Crippen LogP contribution in [0.1, 0.15) is 46.2 Å². The van der Waals surface area contributed by atoms with Crippen molar-refractivity contribution in [3.63, 3.8) is 0 Å². The van der Waals surface area contributed by atoms with E-state index in [1.807, 2.05) is 32.4 Å². The third-order valence-corrected chi connectivity index (χ3v) is 10.7. The second-order valence-corrected chi connectivity index (χ2v) is 14.5. The van der Waals surface area contributed by atoms with Crippen molar-refractivity contribution in [1.29, 1.82) is 5.26 Å². The first-order valence-corrected chi connectivity index (χ1v) is 17.7. The number of thiophene rings is 1. The Morgan fingerprint density at radius 2 is 1.82 bits per heavy atom. The van der Waals surface area contributed by atoms with Crippen LogP contribution in [-0.2, 0) is 24.3 Å². The van der Waals surface area contributed by atoms with E-state index in [1.54, 1.807) is 38.2 Å². The molecule has 1 amide bonds. The molecule has 51 heavy (non-hydrogen) atoms. The largest absolute Gasteiger partial charge is 0.393 e. The Labute approximate surface area is 300 Å². The maximum Gasteiger partial charge on any atom is 0.393 e. The molecule has 3 aromatic heterocycles. The van der Waals surface area contributed by atoms with Crippen LogP contribution >= 0.6 is 11.3 Å². The lowest BCUT2D eigenvalue weighted by Crippen LogP contribution is -2.39. The lowest BCUT2D eigenvalue weighted by Gasteiger charge is -2.33. The van der Waals surface area contributed by atoms with Crippen molar-refractivity contribution >= 4 is 73.4 Å². The zero-order valence-electron chi connectivity index (χ0n) is 28.9. The number of nitrogens with one attached hydrogen (secondary N) is 2. The van der Waals surface area contributed by atoms with Gasteiger partial charge in [0.1, 0.15) is 52.3 Å². The minimum Gasteiger partial charge on any atom is -0.387 e. The molecule has 260 valence electrons. The Morgan fingerprint density at radius 1 is 1.10 bits per heavy atom. The number of aryl methyl sites for hydroxylation is 1. The van der Waals surface area contributed by atoms with E-state index in [4.69, 9.17) is 0 Å². The SMILES string of the molecule is BC(B)=C(B)C(=O)Nc1ccc(C(O)Cn2c(C#N)cc3c(C)c(CN4CCC(Nc5ncnc6sc(CC(F)(F)F)cc56)CC4)ccc32)cc1. The van der Waals surface area contributed by atoms with Crippen molar-refractivity contribution in [1.82, 2.24) is 19.4 Å². The number of piperidine rings is 1. The lowest BCUT2D eigenvalue weighted by molar-refractivity contribution is -0.126. The molecule has 4 heterocycles. The summed E-state index contributed by atoms with van der Waals surface area (Å²) in [6.07, 6.45) is -3.03. The number of aliphatic hydroxyl groups excluding tert-OH is 1. The van der Waals surface area contributed by atoms with Gasteiger partial charge in [0.05, 0.1) is 24.5 Å². The van der Waals surface area contributed by atoms with Gasteiger partial charge in [-0.15, -0.1) is 16.7 Å². The highest BCUT2D eigenvalue weighted by Gasteiger charge is 2.29. The molecule has 5 aromatic rings. The number of hydrogen-bond acceptors (Lipinski definition) is 8. The molecule has 1 unspecified atom stereocenters. The van der Waals surface area contributed by atoms with Crippen molar-refractivity contribution in [2.45, 2.75) is 57.6 Å². The molecule has 16 heteroatoms. The first-order chi connectivity index (χ1) is 24.3. The Bertz CT molecular complexity index is 2150. The van der Waals surface area contributed by atoms with Crippen molar-refractivity contribution in [3.05, 3.63) is 93.0 Å². The topological polar surface area (TPSA) is 119 Å². The number of alkyl halides is 3. The predicted octanol–water partition coefficient (Wildman–Crippen LogP) is 3.75. The van der Waals surface area contributed by atoms with Gasteiger partial charge < -0.3 is 20.3 Å². The van der Waals surface area contributed by atoms with Gasteiger partial charge in [-0.25, -0.2) is 9.97 Å². The summed E-state index contributed by atoms with van der Waals surface area (Å²) < 4.78 is 40.7. The highest BCUT2D eigenvalue weighted by molar-refractivity contribution is 7.18. The van der Waals surface area contributed by atoms with E-state index in [9.17, 15) is 28.3 Å². The molecule has 1 fully saturated rings. The Kier molecular flexibility index (Phi) is 10.6. The zero-order valence-corrected chi connectivity index (χ0v) is 29.8. The van der Waals surface area contributed by atoms with Gasteiger partial charge in [0.2, 0.25) is 5.91 Å². The van der Waals surface area contributed by atoms with Gasteiger partial charge in [0.25, 0.3) is 0 Å². The maximum absolute atomic E-state index is 13.0. The molecular weight excluding hydrogens is 672 g/mol. The summed E-state index contributed by atoms with van der Waals surface area (Å²) in [6.45, 7) is 4.66. The summed E-state index contributed by atoms with van der Waals surface area (Å²) in [5.74, 6) is 0.407. The van der Waals surface area contributed by atoms with Gasteiger partial charge >= 0.3 is 6.18 Å². The molecular formula is C35H37B3F3N7O2S. The molecule has 0 aliphatic carbocycles. The molecule has 1 aliphatic heterocycles. The number of aromatic nitrogens is 3. The fourth-order valence-electron chi connectivity index (χ4n) is 6.48. The molecule has 0 radical (unpaired) electrons. The van der Waals surface area contributed by atoms with E-state index < -0.39 is 18.7 Å². The van der Waals surface area contributed by atoms with E-state index >= 15 is 0 Å². The molecule has 1 atom stereocenters. The number of anilines is 2. The van der Waals surface area contributed by atoms with Crippen LogP contribution < -0.4 is 10.6 Å². The van der Waals surface area contributed by atoms with Crippen LogP contribution in [0.2, 0.25) is 0 Å². The lowest BCUT2D eigenvalue weighted by atomic mass is 9.69. The Balaban J connectivity index is 1.09. The van der Waals surface area contributed by atoms with Crippen LogP contribution in [-0.4, -0.2) is 79.3 Å². The van der Waals surface area contributed by atoms with E-state index in [0.29, 0.717) is 38.5 Å². The Hall–Kier alpha value is -4.58. The fraction of sp³-hybridized carbons (Fsp3) is 0.314. The molecule has 6 rings (SSSR count). The number of nitriles is 1. The van der Waals surface area contributed by atoms with Crippen LogP contribution in [0.15, 0.2) is 65.7 Å². The molecule has 2 aromatic carbocycles. The molecule has 3 N–H and O–H groups in total. The van der Waals surface area contributed by atoms with Crippen molar-refractivity contribution in [2.24, 2.45) is 0 Å². The van der Waals surface area contributed by atoms with Crippen LogP contribution in [0.3, 0.4) is 0 Å². The number of nitrogens with zero attached hydrogens (tertiary/aromatic N) is 5. The quantitative estimate of drug-likeness (QED) is 0.150. The van der Waals surface area contributed by atoms with Crippen molar-refractivity contribution in [3.8, 4) is 6.07 Å². The van der Waals surface area contributed by atoms with Gasteiger partial charge in [0.15, 0.2) is 0 Å². The molecule has 1 aliphatic rings. The summed E-state index contributed by atoms with van der Waals surface area (Å²) in [4.78, 5) is 24.1. The van der Waals surface area contributed by atoms with Gasteiger partial charge in [0, 0.05) is 47.1 Å². The van der Waals surface area contributed by atoms with E-state index in [0.717, 1.165) is 71.2 Å². The average molecular weight is 709 g/mol. The second kappa shape index (κ2) is 15.0. The van der Waals surface area contributed by atoms with Gasteiger partial charge in [-0.2, -0.15) is 18.4 Å². The number of fused-ring (bicyclic) bond motifs is 2. The molecule has 9 nitrogen and oxygen atoms in total. The van der Waals surface area contributed by atoms with Crippen molar-refractivity contribution in [2.75, 3.05) is 23.7 Å². The number of hydrogen-bond donors (Lipinski definition) is 3. The molecule has 0 saturated carbocycles. The first kappa shape index (κ1) is 36.2. The number of carbonyl (C=O) groups is 1. The minimum absolute atomic E-state index is 0.133. The summed E-state index contributed by atoms with van der Waals surface area (Å²) in [6, 6.07) is 17.0. The van der Waals surface area contributed by atoms with E-state index in [-0.39, 0.29) is 23.4 Å². The monoisotopic (exact) mass is 709 g/mol. The number of aliphatic hydroxyl groups is 1. The van der Waals surface area contributed by atoms with E-state index in [1.165, 1.54) is 6.33 Å². The number of carbonyl (C=O) groups excluding carboxylic acids is 1. The van der Waals surface area contributed by atoms with Crippen LogP contribution in [0.5, 0.6) is 0 Å². The minimum atomic E-state index is -4.27. The number of benzene rings is 2. The number of likely N-dealkylation sites (tertiary alicyclic amines) is 1. The van der Waals surface area contributed by atoms with Gasteiger partial charge in [-0.1, -0.05) is 18.2 Å². The highest BCUT2D eigenvalue weighted by atomic mass is 32.1. The van der Waals surface area contributed by atoms with E-state index in [2.05, 4.69) is 44.6 Å². The maximum atomic E-state index is 13.0. The summed E-state index contributed by atoms with van der Waals surface area (Å²) in [5.41, 5.74) is 5.55. The standard InChI is InChI=1S/C35H37B3F3N7O2S/c1-19-21(16-47-10-8-23(9-11-47)45-32-27-13-25(14-35(39,40)41)51-34(27)44-18-43-32)4-7-28-26(19)12-24(15-42)48(28)17-29(49)20-2-5-22(6-3-20)46-33(50)30(36)31(37)38/h2-7,12-13,18,23,29,49H,8-11,14,16-17,36-38H2,1H3,(H,46,50)(H,43,44,45). The smallest absolute Gasteiger partial charge is 0.387 e. The number of rotatable bonds is 10. The third kappa shape index (κ3) is 8.33. The number of amides is 1. The van der Waals surface area contributed by atoms with Crippen molar-refractivity contribution < 1.29 is 23.1 Å². The fourth-order valence-corrected chi connectivity index (χ4v) is 7.50. The molecule has 0 bridgehead atoms. The zero-order chi connectivity index (χ0) is 36.4. The predicted molar refractivity (Wildman–Crippen MR) is 203 cm³/mol. The second-order valence-electron chi connectivity index (χ2n) is 13.4.